The van der Waals surface area contributed by atoms with Crippen LogP contribution in [-0.4, -0.2) is 43.7 Å². The monoisotopic (exact) mass is 160 g/mol. The predicted molar refractivity (Wildman–Crippen MR) is 40.0 cm³/mol. The van der Waals surface area contributed by atoms with E-state index in [-0.39, 0.29) is 11.9 Å². The first-order chi connectivity index (χ1) is 5.11. The second-order valence-corrected chi connectivity index (χ2v) is 3.03. The van der Waals surface area contributed by atoms with Crippen LogP contribution < -0.4 is 5.32 Å². The summed E-state index contributed by atoms with van der Waals surface area (Å²) in [5.74, 6) is -0.0369. The Kier molecular flexibility index (Phi) is 2.44. The van der Waals surface area contributed by atoms with E-state index in [1.54, 1.807) is 14.1 Å². The topological polar surface area (TPSA) is 32.3 Å². The van der Waals surface area contributed by atoms with E-state index < -0.39 is 6.17 Å². The van der Waals surface area contributed by atoms with Crippen LogP contribution in [0.15, 0.2) is 0 Å². The highest BCUT2D eigenvalue weighted by atomic mass is 19.1. The normalized spacial score (nSPS) is 30.5. The molecule has 0 saturated carbocycles. The van der Waals surface area contributed by atoms with Crippen LogP contribution in [-0.2, 0) is 4.79 Å². The molecule has 0 unspecified atom stereocenters. The van der Waals surface area contributed by atoms with Crippen LogP contribution in [0.1, 0.15) is 6.42 Å². The van der Waals surface area contributed by atoms with Crippen LogP contribution >= 0.6 is 0 Å². The van der Waals surface area contributed by atoms with Gasteiger partial charge in [0.1, 0.15) is 6.17 Å². The lowest BCUT2D eigenvalue weighted by molar-refractivity contribution is -0.130. The van der Waals surface area contributed by atoms with Crippen LogP contribution in [0.25, 0.3) is 0 Å². The third-order valence-electron chi connectivity index (χ3n) is 1.82. The molecule has 2 atom stereocenters. The van der Waals surface area contributed by atoms with Crippen molar-refractivity contribution < 1.29 is 9.18 Å². The Labute approximate surface area is 65.6 Å². The van der Waals surface area contributed by atoms with Gasteiger partial charge in [0.05, 0.1) is 6.04 Å². The number of hydrogen-bond acceptors (Lipinski definition) is 2. The third kappa shape index (κ3) is 1.89. The van der Waals surface area contributed by atoms with Crippen molar-refractivity contribution in [2.24, 2.45) is 0 Å². The maximum absolute atomic E-state index is 12.6. The molecule has 1 fully saturated rings. The van der Waals surface area contributed by atoms with Gasteiger partial charge in [-0.05, 0) is 0 Å². The first-order valence-corrected chi connectivity index (χ1v) is 3.70. The molecule has 0 aromatic heterocycles. The number of carbonyl (C=O) groups is 1. The van der Waals surface area contributed by atoms with E-state index >= 15 is 0 Å². The SMILES string of the molecule is CN(C)C(=O)[C@@H]1C[C@@H](F)CN1. The van der Waals surface area contributed by atoms with Gasteiger partial charge in [-0.15, -0.1) is 0 Å². The lowest BCUT2D eigenvalue weighted by Crippen LogP contribution is -2.39. The minimum absolute atomic E-state index is 0.0369. The van der Waals surface area contributed by atoms with E-state index in [2.05, 4.69) is 5.32 Å². The molecule has 4 heteroatoms. The molecule has 0 aromatic carbocycles. The number of nitrogens with zero attached hydrogens (tertiary/aromatic N) is 1. The lowest BCUT2D eigenvalue weighted by Gasteiger charge is -2.15. The highest BCUT2D eigenvalue weighted by molar-refractivity contribution is 5.81. The average molecular weight is 160 g/mol. The first kappa shape index (κ1) is 8.46. The van der Waals surface area contributed by atoms with Crippen molar-refractivity contribution in [1.29, 1.82) is 0 Å². The standard InChI is InChI=1S/C7H13FN2O/c1-10(2)7(11)6-3-5(8)4-9-6/h5-6,9H,3-4H2,1-2H3/t5-,6+/m1/s1. The molecule has 1 rings (SSSR count). The van der Waals surface area contributed by atoms with Gasteiger partial charge in [-0.3, -0.25) is 4.79 Å². The van der Waals surface area contributed by atoms with Crippen LogP contribution in [0, 0.1) is 0 Å². The van der Waals surface area contributed by atoms with E-state index in [0.717, 1.165) is 0 Å². The summed E-state index contributed by atoms with van der Waals surface area (Å²) >= 11 is 0. The van der Waals surface area contributed by atoms with Crippen molar-refractivity contribution in [2.75, 3.05) is 20.6 Å². The minimum Gasteiger partial charge on any atom is -0.347 e. The number of alkyl halides is 1. The zero-order valence-electron chi connectivity index (χ0n) is 6.80. The van der Waals surface area contributed by atoms with E-state index in [1.165, 1.54) is 4.90 Å². The quantitative estimate of drug-likeness (QED) is 0.575. The summed E-state index contributed by atoms with van der Waals surface area (Å²) in [7, 11) is 3.35. The maximum Gasteiger partial charge on any atom is 0.239 e. The number of carbonyl (C=O) groups excluding carboxylic acids is 1. The van der Waals surface area contributed by atoms with Gasteiger partial charge in [0.25, 0.3) is 0 Å². The summed E-state index contributed by atoms with van der Waals surface area (Å²) < 4.78 is 12.6. The Balaban J connectivity index is 2.43. The molecule has 1 saturated heterocycles. The van der Waals surface area contributed by atoms with Gasteiger partial charge in [0.15, 0.2) is 0 Å². The fraction of sp³-hybridized carbons (Fsp3) is 0.857. The first-order valence-electron chi connectivity index (χ1n) is 3.70. The number of nitrogens with one attached hydrogen (secondary N) is 1. The highest BCUT2D eigenvalue weighted by Gasteiger charge is 2.29. The van der Waals surface area contributed by atoms with Gasteiger partial charge in [0.2, 0.25) is 5.91 Å². The fourth-order valence-corrected chi connectivity index (χ4v) is 1.19. The molecule has 0 aliphatic carbocycles. The Hall–Kier alpha value is -0.640. The van der Waals surface area contributed by atoms with Gasteiger partial charge in [-0.1, -0.05) is 0 Å². The molecule has 1 N–H and O–H groups in total. The molecule has 11 heavy (non-hydrogen) atoms. The minimum atomic E-state index is -0.858. The largest absolute Gasteiger partial charge is 0.347 e. The predicted octanol–water partition coefficient (Wildman–Crippen LogP) is -0.225. The maximum atomic E-state index is 12.6. The summed E-state index contributed by atoms with van der Waals surface area (Å²) in [6, 6.07) is -0.306. The molecule has 3 nitrogen and oxygen atoms in total. The Bertz CT molecular complexity index is 161. The molecule has 1 amide bonds. The zero-order valence-corrected chi connectivity index (χ0v) is 6.80. The van der Waals surface area contributed by atoms with E-state index in [4.69, 9.17) is 0 Å². The van der Waals surface area contributed by atoms with Crippen molar-refractivity contribution in [2.45, 2.75) is 18.6 Å². The second-order valence-electron chi connectivity index (χ2n) is 3.03. The van der Waals surface area contributed by atoms with Crippen molar-refractivity contribution in [1.82, 2.24) is 10.2 Å². The van der Waals surface area contributed by atoms with E-state index in [1.807, 2.05) is 0 Å². The number of hydrogen-bond donors (Lipinski definition) is 1. The number of likely N-dealkylation sites (N-methyl/N-ethyl adjacent to an activating group) is 1. The summed E-state index contributed by atoms with van der Waals surface area (Å²) in [6.07, 6.45) is -0.541. The van der Waals surface area contributed by atoms with Gasteiger partial charge >= 0.3 is 0 Å². The number of amides is 1. The fourth-order valence-electron chi connectivity index (χ4n) is 1.19. The second kappa shape index (κ2) is 3.17. The molecule has 0 bridgehead atoms. The smallest absolute Gasteiger partial charge is 0.239 e. The third-order valence-corrected chi connectivity index (χ3v) is 1.82. The van der Waals surface area contributed by atoms with Crippen LogP contribution in [0.4, 0.5) is 4.39 Å². The van der Waals surface area contributed by atoms with E-state index in [0.29, 0.717) is 13.0 Å². The Morgan fingerprint density at radius 3 is 2.64 bits per heavy atom. The summed E-state index contributed by atoms with van der Waals surface area (Å²) in [6.45, 7) is 0.310. The lowest BCUT2D eigenvalue weighted by atomic mass is 10.2. The van der Waals surface area contributed by atoms with Crippen LogP contribution in [0.2, 0.25) is 0 Å². The van der Waals surface area contributed by atoms with Gasteiger partial charge in [-0.25, -0.2) is 4.39 Å². The summed E-state index contributed by atoms with van der Waals surface area (Å²) in [5, 5.41) is 2.82. The van der Waals surface area contributed by atoms with Crippen LogP contribution in [0.5, 0.6) is 0 Å². The molecule has 0 spiro atoms. The van der Waals surface area contributed by atoms with E-state index in [9.17, 15) is 9.18 Å². The van der Waals surface area contributed by atoms with Gasteiger partial charge in [-0.2, -0.15) is 0 Å². The molecule has 64 valence electrons. The van der Waals surface area contributed by atoms with Gasteiger partial charge in [0, 0.05) is 27.1 Å². The van der Waals surface area contributed by atoms with Crippen molar-refractivity contribution in [3.8, 4) is 0 Å². The average Bonchev–Trinajstić information content (AvgIpc) is 2.34. The van der Waals surface area contributed by atoms with Crippen molar-refractivity contribution in [3.63, 3.8) is 0 Å². The molecule has 1 heterocycles. The molecular weight excluding hydrogens is 147 g/mol. The Morgan fingerprint density at radius 1 is 1.64 bits per heavy atom. The molecule has 0 aromatic rings. The van der Waals surface area contributed by atoms with Gasteiger partial charge < -0.3 is 10.2 Å². The molecule has 0 radical (unpaired) electrons. The Morgan fingerprint density at radius 2 is 2.27 bits per heavy atom. The number of halogens is 1. The molecule has 1 aliphatic rings. The summed E-state index contributed by atoms with van der Waals surface area (Å²) in [4.78, 5) is 12.7. The summed E-state index contributed by atoms with van der Waals surface area (Å²) in [5.41, 5.74) is 0. The van der Waals surface area contributed by atoms with Crippen LogP contribution in [0.3, 0.4) is 0 Å². The van der Waals surface area contributed by atoms with Crippen molar-refractivity contribution >= 4 is 5.91 Å². The molecular formula is C7H13FN2O. The molecule has 1 aliphatic heterocycles. The number of rotatable bonds is 1. The van der Waals surface area contributed by atoms with Crippen molar-refractivity contribution in [3.05, 3.63) is 0 Å². The highest BCUT2D eigenvalue weighted by Crippen LogP contribution is 2.10. The zero-order chi connectivity index (χ0) is 8.43.